The van der Waals surface area contributed by atoms with Crippen molar-refractivity contribution in [3.8, 4) is 28.5 Å². The molecule has 0 spiro atoms. The second-order valence-electron chi connectivity index (χ2n) is 7.28. The topological polar surface area (TPSA) is 81.7 Å². The summed E-state index contributed by atoms with van der Waals surface area (Å²) in [7, 11) is 3.18. The first-order valence-corrected chi connectivity index (χ1v) is 11.7. The number of carbonyl (C=O) groups excluding carboxylic acids is 1. The molecular formula is C24H27N3O4S2. The van der Waals surface area contributed by atoms with Crippen molar-refractivity contribution >= 4 is 39.7 Å². The first-order valence-electron chi connectivity index (χ1n) is 10.4. The maximum atomic E-state index is 12.2. The van der Waals surface area contributed by atoms with Gasteiger partial charge in [-0.2, -0.15) is 0 Å². The number of rotatable bonds is 9. The van der Waals surface area contributed by atoms with E-state index in [4.69, 9.17) is 26.4 Å². The molecule has 3 aromatic rings. The quantitative estimate of drug-likeness (QED) is 0.402. The summed E-state index contributed by atoms with van der Waals surface area (Å²) in [6.07, 6.45) is 1.07. The van der Waals surface area contributed by atoms with Crippen LogP contribution in [0.25, 0.3) is 11.3 Å². The van der Waals surface area contributed by atoms with Crippen molar-refractivity contribution in [2.45, 2.75) is 26.2 Å². The van der Waals surface area contributed by atoms with Gasteiger partial charge in [-0.05, 0) is 60.5 Å². The SMILES string of the molecule is CC[C@@H](C)c1ccc(OCC(=O)NC(=S)Nc2nc(-c3ccc(OC)c(OC)c3)cs2)cc1. The van der Waals surface area contributed by atoms with Gasteiger partial charge in [0.2, 0.25) is 0 Å². The molecule has 0 radical (unpaired) electrons. The molecule has 33 heavy (non-hydrogen) atoms. The van der Waals surface area contributed by atoms with Crippen LogP contribution in [0.15, 0.2) is 47.8 Å². The third kappa shape index (κ3) is 6.66. The minimum Gasteiger partial charge on any atom is -0.493 e. The maximum Gasteiger partial charge on any atom is 0.264 e. The molecule has 1 heterocycles. The Labute approximate surface area is 203 Å². The van der Waals surface area contributed by atoms with Crippen LogP contribution in [0.4, 0.5) is 5.13 Å². The molecule has 0 aliphatic carbocycles. The largest absolute Gasteiger partial charge is 0.493 e. The lowest BCUT2D eigenvalue weighted by atomic mass is 9.99. The van der Waals surface area contributed by atoms with Gasteiger partial charge in [0.15, 0.2) is 28.3 Å². The summed E-state index contributed by atoms with van der Waals surface area (Å²) in [4.78, 5) is 16.7. The second-order valence-corrected chi connectivity index (χ2v) is 8.54. The number of methoxy groups -OCH3 is 2. The molecule has 0 saturated carbocycles. The molecule has 3 rings (SSSR count). The van der Waals surface area contributed by atoms with Gasteiger partial charge in [-0.3, -0.25) is 10.1 Å². The molecule has 2 N–H and O–H groups in total. The molecule has 1 aromatic heterocycles. The predicted molar refractivity (Wildman–Crippen MR) is 136 cm³/mol. The Hall–Kier alpha value is -3.17. The number of ether oxygens (including phenoxy) is 3. The summed E-state index contributed by atoms with van der Waals surface area (Å²) in [6.45, 7) is 4.19. The third-order valence-electron chi connectivity index (χ3n) is 5.09. The summed E-state index contributed by atoms with van der Waals surface area (Å²) >= 11 is 6.61. The highest BCUT2D eigenvalue weighted by Crippen LogP contribution is 2.33. The lowest BCUT2D eigenvalue weighted by molar-refractivity contribution is -0.121. The van der Waals surface area contributed by atoms with Crippen LogP contribution in [-0.4, -0.2) is 36.8 Å². The molecule has 2 aromatic carbocycles. The summed E-state index contributed by atoms with van der Waals surface area (Å²) in [6, 6.07) is 13.4. The number of benzene rings is 2. The number of aromatic nitrogens is 1. The van der Waals surface area contributed by atoms with Crippen LogP contribution in [0.1, 0.15) is 31.7 Å². The number of nitrogens with one attached hydrogen (secondary N) is 2. The predicted octanol–water partition coefficient (Wildman–Crippen LogP) is 5.23. The number of hydrogen-bond donors (Lipinski definition) is 2. The monoisotopic (exact) mass is 485 g/mol. The highest BCUT2D eigenvalue weighted by Gasteiger charge is 2.12. The number of thiocarbonyl (C=S) groups is 1. The lowest BCUT2D eigenvalue weighted by Crippen LogP contribution is -2.37. The zero-order valence-electron chi connectivity index (χ0n) is 19.0. The molecule has 0 unspecified atom stereocenters. The summed E-state index contributed by atoms with van der Waals surface area (Å²) in [5, 5.41) is 8.15. The number of thiazole rings is 1. The third-order valence-corrected chi connectivity index (χ3v) is 6.05. The van der Waals surface area contributed by atoms with Crippen molar-refractivity contribution in [3.63, 3.8) is 0 Å². The van der Waals surface area contributed by atoms with Gasteiger partial charge in [0.25, 0.3) is 5.91 Å². The van der Waals surface area contributed by atoms with E-state index in [1.54, 1.807) is 14.2 Å². The number of hydrogen-bond acceptors (Lipinski definition) is 7. The van der Waals surface area contributed by atoms with Crippen LogP contribution in [0, 0.1) is 0 Å². The van der Waals surface area contributed by atoms with Crippen LogP contribution in [0.3, 0.4) is 0 Å². The highest BCUT2D eigenvalue weighted by atomic mass is 32.1. The van der Waals surface area contributed by atoms with Crippen molar-refractivity contribution in [1.29, 1.82) is 0 Å². The van der Waals surface area contributed by atoms with E-state index in [-0.39, 0.29) is 17.6 Å². The summed E-state index contributed by atoms with van der Waals surface area (Å²) in [5.74, 6) is 2.04. The minimum absolute atomic E-state index is 0.140. The van der Waals surface area contributed by atoms with Gasteiger partial charge < -0.3 is 19.5 Å². The van der Waals surface area contributed by atoms with Crippen LogP contribution < -0.4 is 24.8 Å². The van der Waals surface area contributed by atoms with Gasteiger partial charge in [0, 0.05) is 10.9 Å². The average Bonchev–Trinajstić information content (AvgIpc) is 3.30. The van der Waals surface area contributed by atoms with E-state index in [1.807, 2.05) is 47.8 Å². The van der Waals surface area contributed by atoms with Crippen LogP contribution in [0.2, 0.25) is 0 Å². The van der Waals surface area contributed by atoms with Gasteiger partial charge in [0.05, 0.1) is 19.9 Å². The van der Waals surface area contributed by atoms with Crippen molar-refractivity contribution in [3.05, 3.63) is 53.4 Å². The first kappa shape index (κ1) is 24.5. The molecule has 0 saturated heterocycles. The van der Waals surface area contributed by atoms with E-state index in [1.165, 1.54) is 16.9 Å². The van der Waals surface area contributed by atoms with Gasteiger partial charge in [-0.1, -0.05) is 26.0 Å². The van der Waals surface area contributed by atoms with Crippen LogP contribution in [0.5, 0.6) is 17.2 Å². The molecule has 1 amide bonds. The van der Waals surface area contributed by atoms with Gasteiger partial charge in [-0.25, -0.2) is 4.98 Å². The van der Waals surface area contributed by atoms with E-state index in [2.05, 4.69) is 29.5 Å². The summed E-state index contributed by atoms with van der Waals surface area (Å²) in [5.41, 5.74) is 2.87. The highest BCUT2D eigenvalue weighted by molar-refractivity contribution is 7.80. The summed E-state index contributed by atoms with van der Waals surface area (Å²) < 4.78 is 16.2. The average molecular weight is 486 g/mol. The van der Waals surface area contributed by atoms with E-state index >= 15 is 0 Å². The molecule has 9 heteroatoms. The Morgan fingerprint density at radius 2 is 1.85 bits per heavy atom. The molecule has 0 aliphatic rings. The molecular weight excluding hydrogens is 458 g/mol. The number of carbonyl (C=O) groups is 1. The van der Waals surface area contributed by atoms with Crippen LogP contribution in [-0.2, 0) is 4.79 Å². The lowest BCUT2D eigenvalue weighted by Gasteiger charge is -2.11. The molecule has 7 nitrogen and oxygen atoms in total. The fourth-order valence-corrected chi connectivity index (χ4v) is 4.03. The van der Waals surface area contributed by atoms with Crippen molar-refractivity contribution in [2.24, 2.45) is 0 Å². The fourth-order valence-electron chi connectivity index (χ4n) is 3.03. The fraction of sp³-hybridized carbons (Fsp3) is 0.292. The molecule has 174 valence electrons. The zero-order chi connectivity index (χ0) is 23.8. The first-order chi connectivity index (χ1) is 15.9. The normalized spacial score (nSPS) is 11.4. The second kappa shape index (κ2) is 11.6. The Morgan fingerprint density at radius 3 is 2.52 bits per heavy atom. The van der Waals surface area contributed by atoms with Gasteiger partial charge >= 0.3 is 0 Å². The van der Waals surface area contributed by atoms with E-state index in [0.717, 1.165) is 17.7 Å². The van der Waals surface area contributed by atoms with Crippen LogP contribution >= 0.6 is 23.6 Å². The Kier molecular flexibility index (Phi) is 8.62. The number of anilines is 1. The van der Waals surface area contributed by atoms with E-state index in [0.29, 0.717) is 28.3 Å². The minimum atomic E-state index is -0.352. The Morgan fingerprint density at radius 1 is 1.12 bits per heavy atom. The Balaban J connectivity index is 1.51. The molecule has 0 bridgehead atoms. The van der Waals surface area contributed by atoms with E-state index < -0.39 is 0 Å². The smallest absolute Gasteiger partial charge is 0.264 e. The number of nitrogens with zero attached hydrogens (tertiary/aromatic N) is 1. The molecule has 0 fully saturated rings. The van der Waals surface area contributed by atoms with Gasteiger partial charge in [0.1, 0.15) is 5.75 Å². The van der Waals surface area contributed by atoms with Crippen molar-refractivity contribution in [1.82, 2.24) is 10.3 Å². The molecule has 0 aliphatic heterocycles. The molecule has 1 atom stereocenters. The van der Waals surface area contributed by atoms with Crippen molar-refractivity contribution in [2.75, 3.05) is 26.1 Å². The number of amides is 1. The van der Waals surface area contributed by atoms with Crippen molar-refractivity contribution < 1.29 is 19.0 Å². The Bertz CT molecular complexity index is 1100. The zero-order valence-corrected chi connectivity index (χ0v) is 20.6. The maximum absolute atomic E-state index is 12.2. The van der Waals surface area contributed by atoms with Gasteiger partial charge in [-0.15, -0.1) is 11.3 Å². The standard InChI is InChI=1S/C24H27N3O4S2/c1-5-15(2)16-6-9-18(10-7-16)31-13-22(28)26-23(32)27-24-25-19(14-33-24)17-8-11-20(29-3)21(12-17)30-4/h6-12,14-15H,5,13H2,1-4H3,(H2,25,26,27,28,32)/t15-/m1/s1. The van der Waals surface area contributed by atoms with E-state index in [9.17, 15) is 4.79 Å².